The standard InChI is InChI=1S/C11H19ClN2O/c12-7-3-4-8-13-11(15)14-9-5-1-2-6-10-14/h3-4H,1-2,5-10H2,(H,13,15)/b4-3+. The fraction of sp³-hybridized carbons (Fsp3) is 0.727. The molecule has 15 heavy (non-hydrogen) atoms. The third kappa shape index (κ3) is 5.07. The average molecular weight is 231 g/mol. The molecule has 3 nitrogen and oxygen atoms in total. The van der Waals surface area contributed by atoms with E-state index in [1.165, 1.54) is 12.8 Å². The molecule has 2 amide bonds. The molecule has 1 fully saturated rings. The van der Waals surface area contributed by atoms with E-state index in [0.29, 0.717) is 12.4 Å². The number of alkyl halides is 1. The van der Waals surface area contributed by atoms with Crippen molar-refractivity contribution in [1.29, 1.82) is 0 Å². The first-order chi connectivity index (χ1) is 7.34. The second-order valence-corrected chi connectivity index (χ2v) is 4.02. The maximum Gasteiger partial charge on any atom is 0.317 e. The van der Waals surface area contributed by atoms with Crippen LogP contribution in [-0.2, 0) is 0 Å². The highest BCUT2D eigenvalue weighted by atomic mass is 35.5. The molecule has 1 N–H and O–H groups in total. The number of allylic oxidation sites excluding steroid dienone is 1. The van der Waals surface area contributed by atoms with Crippen molar-refractivity contribution in [2.24, 2.45) is 0 Å². The molecule has 0 aromatic rings. The van der Waals surface area contributed by atoms with E-state index in [4.69, 9.17) is 11.6 Å². The zero-order chi connectivity index (χ0) is 10.9. The number of nitrogens with one attached hydrogen (secondary N) is 1. The first-order valence-electron chi connectivity index (χ1n) is 5.58. The zero-order valence-corrected chi connectivity index (χ0v) is 9.80. The van der Waals surface area contributed by atoms with Gasteiger partial charge in [-0.2, -0.15) is 0 Å². The molecule has 0 spiro atoms. The van der Waals surface area contributed by atoms with Gasteiger partial charge in [-0.15, -0.1) is 11.6 Å². The highest BCUT2D eigenvalue weighted by Gasteiger charge is 2.13. The number of rotatable bonds is 3. The first kappa shape index (κ1) is 12.4. The van der Waals surface area contributed by atoms with Crippen molar-refractivity contribution in [3.63, 3.8) is 0 Å². The molecular weight excluding hydrogens is 212 g/mol. The van der Waals surface area contributed by atoms with Gasteiger partial charge in [0.15, 0.2) is 0 Å². The van der Waals surface area contributed by atoms with E-state index in [1.807, 2.05) is 17.1 Å². The van der Waals surface area contributed by atoms with Gasteiger partial charge in [0.1, 0.15) is 0 Å². The zero-order valence-electron chi connectivity index (χ0n) is 9.04. The molecule has 1 saturated heterocycles. The molecule has 0 aromatic carbocycles. The second-order valence-electron chi connectivity index (χ2n) is 3.71. The molecule has 1 aliphatic rings. The second kappa shape index (κ2) is 7.57. The molecule has 1 aliphatic heterocycles. The van der Waals surface area contributed by atoms with Crippen molar-refractivity contribution in [3.05, 3.63) is 12.2 Å². The Balaban J connectivity index is 2.22. The summed E-state index contributed by atoms with van der Waals surface area (Å²) in [5.74, 6) is 0.500. The van der Waals surface area contributed by atoms with Crippen molar-refractivity contribution in [3.8, 4) is 0 Å². The number of hydrogen-bond donors (Lipinski definition) is 1. The van der Waals surface area contributed by atoms with Crippen LogP contribution >= 0.6 is 11.6 Å². The number of halogens is 1. The van der Waals surface area contributed by atoms with Gasteiger partial charge in [0.2, 0.25) is 0 Å². The molecule has 0 radical (unpaired) electrons. The van der Waals surface area contributed by atoms with Gasteiger partial charge in [0.25, 0.3) is 0 Å². The fourth-order valence-electron chi connectivity index (χ4n) is 1.68. The number of likely N-dealkylation sites (tertiary alicyclic amines) is 1. The lowest BCUT2D eigenvalue weighted by atomic mass is 10.2. The summed E-state index contributed by atoms with van der Waals surface area (Å²) in [4.78, 5) is 13.6. The van der Waals surface area contributed by atoms with Gasteiger partial charge < -0.3 is 10.2 Å². The number of hydrogen-bond acceptors (Lipinski definition) is 1. The number of nitrogens with zero attached hydrogens (tertiary/aromatic N) is 1. The van der Waals surface area contributed by atoms with Gasteiger partial charge in [-0.1, -0.05) is 25.0 Å². The van der Waals surface area contributed by atoms with Crippen molar-refractivity contribution >= 4 is 17.6 Å². The first-order valence-corrected chi connectivity index (χ1v) is 6.12. The van der Waals surface area contributed by atoms with Crippen LogP contribution in [0.1, 0.15) is 25.7 Å². The Morgan fingerprint density at radius 1 is 1.20 bits per heavy atom. The van der Waals surface area contributed by atoms with E-state index in [-0.39, 0.29) is 6.03 Å². The molecule has 0 unspecified atom stereocenters. The fourth-order valence-corrected chi connectivity index (χ4v) is 1.80. The molecule has 0 bridgehead atoms. The molecule has 4 heteroatoms. The molecular formula is C11H19ClN2O. The number of amides is 2. The lowest BCUT2D eigenvalue weighted by Crippen LogP contribution is -2.40. The summed E-state index contributed by atoms with van der Waals surface area (Å²) in [6, 6.07) is 0.0520. The summed E-state index contributed by atoms with van der Waals surface area (Å²) in [5.41, 5.74) is 0. The Morgan fingerprint density at radius 3 is 2.47 bits per heavy atom. The van der Waals surface area contributed by atoms with Crippen LogP contribution in [0.2, 0.25) is 0 Å². The molecule has 0 aliphatic carbocycles. The maximum atomic E-state index is 11.7. The quantitative estimate of drug-likeness (QED) is 0.586. The SMILES string of the molecule is O=C(NC/C=C/CCl)N1CCCCCC1. The van der Waals surface area contributed by atoms with Crippen LogP contribution in [0, 0.1) is 0 Å². The summed E-state index contributed by atoms with van der Waals surface area (Å²) in [6.45, 7) is 2.36. The Morgan fingerprint density at radius 2 is 1.87 bits per heavy atom. The van der Waals surface area contributed by atoms with E-state index in [1.54, 1.807) is 0 Å². The Labute approximate surface area is 96.5 Å². The molecule has 1 rings (SSSR count). The normalized spacial score (nSPS) is 17.8. The molecule has 0 atom stereocenters. The van der Waals surface area contributed by atoms with Crippen molar-refractivity contribution < 1.29 is 4.79 Å². The van der Waals surface area contributed by atoms with Crippen molar-refractivity contribution in [1.82, 2.24) is 10.2 Å². The summed E-state index contributed by atoms with van der Waals surface area (Å²) in [6.07, 6.45) is 8.47. The van der Waals surface area contributed by atoms with Crippen LogP contribution in [0.25, 0.3) is 0 Å². The van der Waals surface area contributed by atoms with Gasteiger partial charge in [0, 0.05) is 25.5 Å². The van der Waals surface area contributed by atoms with Crippen LogP contribution in [0.5, 0.6) is 0 Å². The summed E-state index contributed by atoms with van der Waals surface area (Å²) >= 11 is 5.48. The van der Waals surface area contributed by atoms with E-state index in [0.717, 1.165) is 25.9 Å². The number of carbonyl (C=O) groups excluding carboxylic acids is 1. The summed E-state index contributed by atoms with van der Waals surface area (Å²) < 4.78 is 0. The largest absolute Gasteiger partial charge is 0.335 e. The minimum atomic E-state index is 0.0520. The molecule has 86 valence electrons. The summed E-state index contributed by atoms with van der Waals surface area (Å²) in [5, 5.41) is 2.86. The topological polar surface area (TPSA) is 32.3 Å². The van der Waals surface area contributed by atoms with Crippen LogP contribution in [-0.4, -0.2) is 36.4 Å². The number of urea groups is 1. The average Bonchev–Trinajstić information content (AvgIpc) is 2.52. The van der Waals surface area contributed by atoms with Gasteiger partial charge in [0.05, 0.1) is 0 Å². The van der Waals surface area contributed by atoms with Gasteiger partial charge >= 0.3 is 6.03 Å². The third-order valence-electron chi connectivity index (χ3n) is 2.52. The van der Waals surface area contributed by atoms with Crippen molar-refractivity contribution in [2.75, 3.05) is 25.5 Å². The third-order valence-corrected chi connectivity index (χ3v) is 2.70. The Kier molecular flexibility index (Phi) is 6.25. The summed E-state index contributed by atoms with van der Waals surface area (Å²) in [7, 11) is 0. The highest BCUT2D eigenvalue weighted by Crippen LogP contribution is 2.09. The Bertz CT molecular complexity index is 211. The lowest BCUT2D eigenvalue weighted by Gasteiger charge is -2.20. The van der Waals surface area contributed by atoms with Gasteiger partial charge in [-0.3, -0.25) is 0 Å². The van der Waals surface area contributed by atoms with Gasteiger partial charge in [-0.05, 0) is 12.8 Å². The maximum absolute atomic E-state index is 11.7. The molecule has 0 aromatic heterocycles. The predicted molar refractivity (Wildman–Crippen MR) is 63.3 cm³/mol. The van der Waals surface area contributed by atoms with Crippen LogP contribution in [0.4, 0.5) is 4.79 Å². The minimum Gasteiger partial charge on any atom is -0.335 e. The molecule has 1 heterocycles. The van der Waals surface area contributed by atoms with E-state index in [2.05, 4.69) is 5.32 Å². The molecule has 0 saturated carbocycles. The van der Waals surface area contributed by atoms with Crippen LogP contribution < -0.4 is 5.32 Å². The van der Waals surface area contributed by atoms with Crippen molar-refractivity contribution in [2.45, 2.75) is 25.7 Å². The lowest BCUT2D eigenvalue weighted by molar-refractivity contribution is 0.201. The smallest absolute Gasteiger partial charge is 0.317 e. The van der Waals surface area contributed by atoms with Crippen LogP contribution in [0.15, 0.2) is 12.2 Å². The van der Waals surface area contributed by atoms with E-state index in [9.17, 15) is 4.79 Å². The monoisotopic (exact) mass is 230 g/mol. The minimum absolute atomic E-state index is 0.0520. The van der Waals surface area contributed by atoms with E-state index < -0.39 is 0 Å². The predicted octanol–water partition coefficient (Wildman–Crippen LogP) is 2.37. The van der Waals surface area contributed by atoms with Gasteiger partial charge in [-0.25, -0.2) is 4.79 Å². The van der Waals surface area contributed by atoms with E-state index >= 15 is 0 Å². The number of carbonyl (C=O) groups is 1. The highest BCUT2D eigenvalue weighted by molar-refractivity contribution is 6.18. The van der Waals surface area contributed by atoms with Crippen LogP contribution in [0.3, 0.4) is 0 Å². The Hall–Kier alpha value is -0.700.